The van der Waals surface area contributed by atoms with Crippen molar-refractivity contribution in [3.05, 3.63) is 35.7 Å². The molecule has 1 amide bonds. The standard InChI is InChI=1S/C17H23N5O3S/c1-3-15-18-16(20-19-15)13-5-7-14(8-6-13)17(23)21-9-4-10-22(12-11-21)26(2,24)25/h5-8H,3-4,9-12H2,1-2H3,(H,18,19,20). The van der Waals surface area contributed by atoms with Gasteiger partial charge in [-0.1, -0.05) is 19.1 Å². The SMILES string of the molecule is CCc1nc(-c2ccc(C(=O)N3CCCN(S(C)(=O)=O)CC3)cc2)n[nH]1. The van der Waals surface area contributed by atoms with Crippen LogP contribution in [0, 0.1) is 0 Å². The summed E-state index contributed by atoms with van der Waals surface area (Å²) < 4.78 is 24.8. The van der Waals surface area contributed by atoms with E-state index in [-0.39, 0.29) is 5.91 Å². The predicted molar refractivity (Wildman–Crippen MR) is 98.1 cm³/mol. The van der Waals surface area contributed by atoms with E-state index in [0.717, 1.165) is 17.8 Å². The van der Waals surface area contributed by atoms with Crippen molar-refractivity contribution < 1.29 is 13.2 Å². The molecule has 1 N–H and O–H groups in total. The molecule has 0 unspecified atom stereocenters. The Morgan fingerprint density at radius 3 is 2.50 bits per heavy atom. The van der Waals surface area contributed by atoms with Crippen LogP contribution in [0.3, 0.4) is 0 Å². The van der Waals surface area contributed by atoms with Crippen molar-refractivity contribution >= 4 is 15.9 Å². The third-order valence-electron chi connectivity index (χ3n) is 4.47. The molecule has 9 heteroatoms. The highest BCUT2D eigenvalue weighted by Crippen LogP contribution is 2.17. The molecule has 1 saturated heterocycles. The highest BCUT2D eigenvalue weighted by atomic mass is 32.2. The first-order valence-electron chi connectivity index (χ1n) is 8.64. The number of rotatable bonds is 4. The minimum absolute atomic E-state index is 0.0869. The highest BCUT2D eigenvalue weighted by Gasteiger charge is 2.24. The van der Waals surface area contributed by atoms with Crippen molar-refractivity contribution in [2.24, 2.45) is 0 Å². The number of aromatic nitrogens is 3. The second-order valence-corrected chi connectivity index (χ2v) is 8.33. The molecular formula is C17H23N5O3S. The Balaban J connectivity index is 1.70. The number of benzene rings is 1. The van der Waals surface area contributed by atoms with E-state index in [2.05, 4.69) is 15.2 Å². The van der Waals surface area contributed by atoms with Gasteiger partial charge in [0, 0.05) is 43.7 Å². The predicted octanol–water partition coefficient (Wildman–Crippen LogP) is 1.14. The molecule has 1 aliphatic rings. The van der Waals surface area contributed by atoms with Gasteiger partial charge in [0.15, 0.2) is 5.82 Å². The van der Waals surface area contributed by atoms with Gasteiger partial charge in [-0.2, -0.15) is 5.10 Å². The van der Waals surface area contributed by atoms with Crippen LogP contribution in [-0.2, 0) is 16.4 Å². The summed E-state index contributed by atoms with van der Waals surface area (Å²) in [4.78, 5) is 18.8. The van der Waals surface area contributed by atoms with Crippen LogP contribution >= 0.6 is 0 Å². The molecule has 0 saturated carbocycles. The molecule has 3 rings (SSSR count). The Labute approximate surface area is 153 Å². The molecule has 1 aliphatic heterocycles. The molecule has 0 bridgehead atoms. The number of carbonyl (C=O) groups is 1. The Hall–Kier alpha value is -2.26. The maximum Gasteiger partial charge on any atom is 0.253 e. The summed E-state index contributed by atoms with van der Waals surface area (Å²) in [6.07, 6.45) is 2.62. The number of amides is 1. The maximum absolute atomic E-state index is 12.7. The average molecular weight is 377 g/mol. The van der Waals surface area contributed by atoms with E-state index in [9.17, 15) is 13.2 Å². The number of nitrogens with zero attached hydrogens (tertiary/aromatic N) is 4. The van der Waals surface area contributed by atoms with E-state index in [0.29, 0.717) is 44.0 Å². The van der Waals surface area contributed by atoms with Crippen LogP contribution in [0.5, 0.6) is 0 Å². The molecule has 8 nitrogen and oxygen atoms in total. The first kappa shape index (κ1) is 18.5. The van der Waals surface area contributed by atoms with Crippen LogP contribution in [0.2, 0.25) is 0 Å². The second kappa shape index (κ2) is 7.55. The Morgan fingerprint density at radius 2 is 1.88 bits per heavy atom. The van der Waals surface area contributed by atoms with Gasteiger partial charge in [0.25, 0.3) is 5.91 Å². The molecule has 2 heterocycles. The summed E-state index contributed by atoms with van der Waals surface area (Å²) in [7, 11) is -3.22. The summed E-state index contributed by atoms with van der Waals surface area (Å²) in [5, 5.41) is 7.05. The molecule has 140 valence electrons. The van der Waals surface area contributed by atoms with Crippen LogP contribution in [-0.4, -0.2) is 71.1 Å². The summed E-state index contributed by atoms with van der Waals surface area (Å²) in [6, 6.07) is 7.19. The lowest BCUT2D eigenvalue weighted by atomic mass is 10.1. The number of hydrogen-bond acceptors (Lipinski definition) is 5. The highest BCUT2D eigenvalue weighted by molar-refractivity contribution is 7.88. The third kappa shape index (κ3) is 4.10. The van der Waals surface area contributed by atoms with Crippen molar-refractivity contribution in [2.45, 2.75) is 19.8 Å². The van der Waals surface area contributed by atoms with Gasteiger partial charge in [-0.05, 0) is 18.6 Å². The number of hydrogen-bond donors (Lipinski definition) is 1. The van der Waals surface area contributed by atoms with E-state index in [1.54, 1.807) is 17.0 Å². The Bertz CT molecular complexity index is 876. The van der Waals surface area contributed by atoms with Crippen LogP contribution < -0.4 is 0 Å². The number of aromatic amines is 1. The zero-order valence-electron chi connectivity index (χ0n) is 15.0. The van der Waals surface area contributed by atoms with Gasteiger partial charge in [-0.15, -0.1) is 0 Å². The number of nitrogens with one attached hydrogen (secondary N) is 1. The van der Waals surface area contributed by atoms with E-state index in [1.165, 1.54) is 10.6 Å². The second-order valence-electron chi connectivity index (χ2n) is 6.34. The lowest BCUT2D eigenvalue weighted by Gasteiger charge is -2.21. The van der Waals surface area contributed by atoms with Gasteiger partial charge in [-0.3, -0.25) is 9.89 Å². The number of H-pyrrole nitrogens is 1. The quantitative estimate of drug-likeness (QED) is 0.861. The molecule has 0 aliphatic carbocycles. The fraction of sp³-hybridized carbons (Fsp3) is 0.471. The van der Waals surface area contributed by atoms with Gasteiger partial charge >= 0.3 is 0 Å². The zero-order valence-corrected chi connectivity index (χ0v) is 15.8. The molecule has 26 heavy (non-hydrogen) atoms. The lowest BCUT2D eigenvalue weighted by molar-refractivity contribution is 0.0764. The third-order valence-corrected chi connectivity index (χ3v) is 5.77. The van der Waals surface area contributed by atoms with Crippen LogP contribution in [0.15, 0.2) is 24.3 Å². The summed E-state index contributed by atoms with van der Waals surface area (Å²) in [5.41, 5.74) is 1.42. The zero-order chi connectivity index (χ0) is 18.7. The van der Waals surface area contributed by atoms with Crippen LogP contribution in [0.1, 0.15) is 29.5 Å². The Morgan fingerprint density at radius 1 is 1.15 bits per heavy atom. The molecule has 0 radical (unpaired) electrons. The molecular weight excluding hydrogens is 354 g/mol. The Kier molecular flexibility index (Phi) is 5.38. The van der Waals surface area contributed by atoms with Crippen molar-refractivity contribution in [3.63, 3.8) is 0 Å². The minimum Gasteiger partial charge on any atom is -0.337 e. The smallest absolute Gasteiger partial charge is 0.253 e. The molecule has 0 atom stereocenters. The molecule has 0 spiro atoms. The number of sulfonamides is 1. The van der Waals surface area contributed by atoms with E-state index in [1.807, 2.05) is 19.1 Å². The first-order valence-corrected chi connectivity index (χ1v) is 10.5. The van der Waals surface area contributed by atoms with Gasteiger partial charge in [0.05, 0.1) is 6.26 Å². The normalized spacial score (nSPS) is 16.5. The van der Waals surface area contributed by atoms with Crippen molar-refractivity contribution in [1.29, 1.82) is 0 Å². The van der Waals surface area contributed by atoms with E-state index >= 15 is 0 Å². The van der Waals surface area contributed by atoms with Gasteiger partial charge in [-0.25, -0.2) is 17.7 Å². The fourth-order valence-corrected chi connectivity index (χ4v) is 3.83. The number of carbonyl (C=O) groups excluding carboxylic acids is 1. The van der Waals surface area contributed by atoms with Crippen LogP contribution in [0.25, 0.3) is 11.4 Å². The maximum atomic E-state index is 12.7. The van der Waals surface area contributed by atoms with Gasteiger partial charge < -0.3 is 4.90 Å². The monoisotopic (exact) mass is 377 g/mol. The first-order chi connectivity index (χ1) is 12.4. The average Bonchev–Trinajstić information content (AvgIpc) is 2.96. The summed E-state index contributed by atoms with van der Waals surface area (Å²) in [5.74, 6) is 1.34. The topological polar surface area (TPSA) is 99.3 Å². The summed E-state index contributed by atoms with van der Waals surface area (Å²) in [6.45, 7) is 3.73. The summed E-state index contributed by atoms with van der Waals surface area (Å²) >= 11 is 0. The van der Waals surface area contributed by atoms with E-state index in [4.69, 9.17) is 0 Å². The fourth-order valence-electron chi connectivity index (χ4n) is 2.96. The molecule has 1 aromatic heterocycles. The van der Waals surface area contributed by atoms with Gasteiger partial charge in [0.2, 0.25) is 10.0 Å². The van der Waals surface area contributed by atoms with Gasteiger partial charge in [0.1, 0.15) is 5.82 Å². The van der Waals surface area contributed by atoms with Crippen molar-refractivity contribution in [2.75, 3.05) is 32.4 Å². The lowest BCUT2D eigenvalue weighted by Crippen LogP contribution is -2.36. The number of aryl methyl sites for hydroxylation is 1. The van der Waals surface area contributed by atoms with Crippen molar-refractivity contribution in [1.82, 2.24) is 24.4 Å². The molecule has 2 aromatic rings. The van der Waals surface area contributed by atoms with Crippen molar-refractivity contribution in [3.8, 4) is 11.4 Å². The van der Waals surface area contributed by atoms with Crippen LogP contribution in [0.4, 0.5) is 0 Å². The molecule has 1 fully saturated rings. The minimum atomic E-state index is -3.22. The molecule has 1 aromatic carbocycles. The largest absolute Gasteiger partial charge is 0.337 e. The van der Waals surface area contributed by atoms with E-state index < -0.39 is 10.0 Å².